The number of aryl methyl sites for hydroxylation is 1. The summed E-state index contributed by atoms with van der Waals surface area (Å²) in [5, 5.41) is 0.660. The molecule has 0 bridgehead atoms. The van der Waals surface area contributed by atoms with Crippen LogP contribution in [0.25, 0.3) is 0 Å². The van der Waals surface area contributed by atoms with Gasteiger partial charge in [-0.05, 0) is 52.2 Å². The number of nitrogens with one attached hydrogen (secondary N) is 1. The normalized spacial score (nSPS) is 12.4. The minimum atomic E-state index is -0.122. The third-order valence-electron chi connectivity index (χ3n) is 2.71. The summed E-state index contributed by atoms with van der Waals surface area (Å²) in [4.78, 5) is 4.28. The van der Waals surface area contributed by atoms with E-state index < -0.39 is 0 Å². The first kappa shape index (κ1) is 13.5. The number of aromatic nitrogens is 1. The molecule has 3 nitrogen and oxygen atoms in total. The molecule has 0 aliphatic heterocycles. The third kappa shape index (κ3) is 2.90. The quantitative estimate of drug-likeness (QED) is 0.672. The standard InChI is InChI=1S/C13H13BrClN3/c1-8-2-3-10(7-17-8)13(18-16)9-4-5-11(14)12(15)6-9/h2-7,13,18H,16H2,1H3. The minimum absolute atomic E-state index is 0.122. The summed E-state index contributed by atoms with van der Waals surface area (Å²) < 4.78 is 0.866. The van der Waals surface area contributed by atoms with Gasteiger partial charge in [-0.3, -0.25) is 10.8 Å². The van der Waals surface area contributed by atoms with Crippen LogP contribution in [0.15, 0.2) is 41.0 Å². The van der Waals surface area contributed by atoms with E-state index in [-0.39, 0.29) is 6.04 Å². The fourth-order valence-electron chi connectivity index (χ4n) is 1.73. The Balaban J connectivity index is 2.38. The molecule has 0 aliphatic rings. The van der Waals surface area contributed by atoms with Crippen LogP contribution in [-0.2, 0) is 0 Å². The van der Waals surface area contributed by atoms with Crippen LogP contribution in [-0.4, -0.2) is 4.98 Å². The average molecular weight is 327 g/mol. The molecule has 1 atom stereocenters. The molecule has 94 valence electrons. The SMILES string of the molecule is Cc1ccc(C(NN)c2ccc(Br)c(Cl)c2)cn1. The van der Waals surface area contributed by atoms with Crippen molar-refractivity contribution in [2.24, 2.45) is 5.84 Å². The van der Waals surface area contributed by atoms with E-state index in [0.29, 0.717) is 5.02 Å². The van der Waals surface area contributed by atoms with E-state index in [1.165, 1.54) is 0 Å². The molecule has 1 unspecified atom stereocenters. The van der Waals surface area contributed by atoms with Crippen LogP contribution in [0.4, 0.5) is 0 Å². The van der Waals surface area contributed by atoms with Gasteiger partial charge in [-0.15, -0.1) is 0 Å². The Bertz CT molecular complexity index is 542. The molecule has 2 aromatic rings. The Labute approximate surface area is 119 Å². The minimum Gasteiger partial charge on any atom is -0.271 e. The Morgan fingerprint density at radius 3 is 2.56 bits per heavy atom. The van der Waals surface area contributed by atoms with Crippen LogP contribution in [0.1, 0.15) is 22.9 Å². The molecule has 0 amide bonds. The van der Waals surface area contributed by atoms with Gasteiger partial charge in [0.15, 0.2) is 0 Å². The van der Waals surface area contributed by atoms with E-state index in [2.05, 4.69) is 26.3 Å². The third-order valence-corrected chi connectivity index (χ3v) is 3.94. The van der Waals surface area contributed by atoms with Crippen molar-refractivity contribution >= 4 is 27.5 Å². The first-order chi connectivity index (χ1) is 8.61. The molecule has 0 aliphatic carbocycles. The van der Waals surface area contributed by atoms with Crippen molar-refractivity contribution in [3.8, 4) is 0 Å². The van der Waals surface area contributed by atoms with Crippen molar-refractivity contribution in [3.63, 3.8) is 0 Å². The number of rotatable bonds is 3. The molecule has 5 heteroatoms. The number of benzene rings is 1. The van der Waals surface area contributed by atoms with Gasteiger partial charge in [0.2, 0.25) is 0 Å². The molecule has 0 saturated carbocycles. The van der Waals surface area contributed by atoms with E-state index in [1.807, 2.05) is 43.5 Å². The molecule has 0 spiro atoms. The molecule has 1 heterocycles. The van der Waals surface area contributed by atoms with Crippen molar-refractivity contribution in [1.29, 1.82) is 0 Å². The molecular formula is C13H13BrClN3. The van der Waals surface area contributed by atoms with E-state index in [1.54, 1.807) is 0 Å². The molecule has 3 N–H and O–H groups in total. The van der Waals surface area contributed by atoms with Gasteiger partial charge in [0.1, 0.15) is 0 Å². The first-order valence-corrected chi connectivity index (χ1v) is 6.62. The predicted molar refractivity (Wildman–Crippen MR) is 77.3 cm³/mol. The fourth-order valence-corrected chi connectivity index (χ4v) is 2.16. The molecule has 2 rings (SSSR count). The molecule has 0 radical (unpaired) electrons. The van der Waals surface area contributed by atoms with Gasteiger partial charge in [0, 0.05) is 16.4 Å². The van der Waals surface area contributed by atoms with Crippen LogP contribution in [0, 0.1) is 6.92 Å². The maximum Gasteiger partial charge on any atom is 0.0725 e. The van der Waals surface area contributed by atoms with Gasteiger partial charge < -0.3 is 0 Å². The Morgan fingerprint density at radius 1 is 1.28 bits per heavy atom. The summed E-state index contributed by atoms with van der Waals surface area (Å²) in [6.45, 7) is 1.95. The molecule has 0 saturated heterocycles. The van der Waals surface area contributed by atoms with Gasteiger partial charge in [-0.25, -0.2) is 5.43 Å². The van der Waals surface area contributed by atoms with Crippen molar-refractivity contribution in [2.45, 2.75) is 13.0 Å². The topological polar surface area (TPSA) is 50.9 Å². The van der Waals surface area contributed by atoms with Crippen molar-refractivity contribution < 1.29 is 0 Å². The van der Waals surface area contributed by atoms with Crippen molar-refractivity contribution in [3.05, 3.63) is 62.8 Å². The summed E-state index contributed by atoms with van der Waals surface area (Å²) in [6, 6.07) is 9.60. The smallest absolute Gasteiger partial charge is 0.0725 e. The zero-order valence-electron chi connectivity index (χ0n) is 9.82. The van der Waals surface area contributed by atoms with Crippen LogP contribution in [0.3, 0.4) is 0 Å². The van der Waals surface area contributed by atoms with E-state index in [9.17, 15) is 0 Å². The first-order valence-electron chi connectivity index (χ1n) is 5.45. The second kappa shape index (κ2) is 5.80. The fraction of sp³-hybridized carbons (Fsp3) is 0.154. The summed E-state index contributed by atoms with van der Waals surface area (Å²) in [6.07, 6.45) is 1.82. The van der Waals surface area contributed by atoms with Gasteiger partial charge >= 0.3 is 0 Å². The molecular weight excluding hydrogens is 314 g/mol. The summed E-state index contributed by atoms with van der Waals surface area (Å²) in [5.41, 5.74) is 5.76. The Morgan fingerprint density at radius 2 is 2.00 bits per heavy atom. The van der Waals surface area contributed by atoms with Gasteiger partial charge in [-0.2, -0.15) is 0 Å². The van der Waals surface area contributed by atoms with E-state index in [4.69, 9.17) is 17.4 Å². The van der Waals surface area contributed by atoms with Crippen molar-refractivity contribution in [1.82, 2.24) is 10.4 Å². The zero-order valence-corrected chi connectivity index (χ0v) is 12.2. The Hall–Kier alpha value is -0.940. The number of nitrogens with two attached hydrogens (primary N) is 1. The summed E-state index contributed by atoms with van der Waals surface area (Å²) in [5.74, 6) is 5.63. The second-order valence-corrected chi connectivity index (χ2v) is 5.27. The van der Waals surface area contributed by atoms with Crippen LogP contribution < -0.4 is 11.3 Å². The number of halogens is 2. The molecule has 1 aromatic carbocycles. The lowest BCUT2D eigenvalue weighted by Gasteiger charge is -2.17. The van der Waals surface area contributed by atoms with E-state index >= 15 is 0 Å². The largest absolute Gasteiger partial charge is 0.271 e. The molecule has 1 aromatic heterocycles. The Kier molecular flexibility index (Phi) is 4.35. The highest BCUT2D eigenvalue weighted by Gasteiger charge is 2.13. The highest BCUT2D eigenvalue weighted by Crippen LogP contribution is 2.28. The van der Waals surface area contributed by atoms with E-state index in [0.717, 1.165) is 21.3 Å². The van der Waals surface area contributed by atoms with Gasteiger partial charge in [-0.1, -0.05) is 23.7 Å². The summed E-state index contributed by atoms with van der Waals surface area (Å²) >= 11 is 9.47. The van der Waals surface area contributed by atoms with Crippen LogP contribution in [0.5, 0.6) is 0 Å². The zero-order chi connectivity index (χ0) is 13.1. The number of hydrogen-bond acceptors (Lipinski definition) is 3. The molecule has 0 fully saturated rings. The monoisotopic (exact) mass is 325 g/mol. The van der Waals surface area contributed by atoms with Gasteiger partial charge in [0.25, 0.3) is 0 Å². The van der Waals surface area contributed by atoms with Gasteiger partial charge in [0.05, 0.1) is 11.1 Å². The number of pyridine rings is 1. The maximum atomic E-state index is 6.10. The van der Waals surface area contributed by atoms with Crippen molar-refractivity contribution in [2.75, 3.05) is 0 Å². The highest BCUT2D eigenvalue weighted by atomic mass is 79.9. The molecule has 18 heavy (non-hydrogen) atoms. The average Bonchev–Trinajstić information content (AvgIpc) is 2.37. The second-order valence-electron chi connectivity index (χ2n) is 4.01. The maximum absolute atomic E-state index is 6.10. The van der Waals surface area contributed by atoms with Crippen LogP contribution >= 0.6 is 27.5 Å². The number of nitrogens with zero attached hydrogens (tertiary/aromatic N) is 1. The van der Waals surface area contributed by atoms with Crippen LogP contribution in [0.2, 0.25) is 5.02 Å². The summed E-state index contributed by atoms with van der Waals surface area (Å²) in [7, 11) is 0. The lowest BCUT2D eigenvalue weighted by atomic mass is 10.0. The predicted octanol–water partition coefficient (Wildman–Crippen LogP) is 3.36. The number of hydrazine groups is 1. The lowest BCUT2D eigenvalue weighted by molar-refractivity contribution is 0.634. The number of hydrogen-bond donors (Lipinski definition) is 2. The highest BCUT2D eigenvalue weighted by molar-refractivity contribution is 9.10. The lowest BCUT2D eigenvalue weighted by Crippen LogP contribution is -2.28.